The van der Waals surface area contributed by atoms with Crippen LogP contribution < -0.4 is 9.47 Å². The molecule has 0 heterocycles. The molecule has 0 spiro atoms. The van der Waals surface area contributed by atoms with Crippen molar-refractivity contribution in [1.82, 2.24) is 0 Å². The standard InChI is InChI=1S/C31H55N3O6Si/c1-21(2)24(17-23-13-14-27(38-9)29(18-23)39-16-12-15-37-8)19-26(33-34-32)28(20-25(22(3)4)30(35)36)40-41(10,11)31(5,6)7/h13-14,18,21-22,24-26,28H,12,15-17,19-20H2,1-11H3,(H,35,36)/t24-,25-,26-,28+/m0/s1. The van der Waals surface area contributed by atoms with E-state index in [0.29, 0.717) is 37.6 Å². The zero-order valence-corrected chi connectivity index (χ0v) is 28.3. The number of rotatable bonds is 19. The predicted molar refractivity (Wildman–Crippen MR) is 167 cm³/mol. The smallest absolute Gasteiger partial charge is 0.306 e. The normalized spacial score (nSPS) is 15.2. The number of carboxylic acids is 1. The maximum atomic E-state index is 12.2. The van der Waals surface area contributed by atoms with Crippen molar-refractivity contribution in [2.24, 2.45) is 28.8 Å². The topological polar surface area (TPSA) is 123 Å². The van der Waals surface area contributed by atoms with E-state index in [0.717, 1.165) is 18.4 Å². The minimum absolute atomic E-state index is 0.0766. The summed E-state index contributed by atoms with van der Waals surface area (Å²) < 4.78 is 23.5. The molecular weight excluding hydrogens is 538 g/mol. The average molecular weight is 594 g/mol. The second-order valence-electron chi connectivity index (χ2n) is 13.2. The first-order chi connectivity index (χ1) is 19.1. The van der Waals surface area contributed by atoms with Gasteiger partial charge in [0.1, 0.15) is 0 Å². The summed E-state index contributed by atoms with van der Waals surface area (Å²) in [6.07, 6.45) is 1.91. The molecule has 9 nitrogen and oxygen atoms in total. The molecule has 4 atom stereocenters. The summed E-state index contributed by atoms with van der Waals surface area (Å²) in [5.74, 6) is 0.290. The van der Waals surface area contributed by atoms with Crippen molar-refractivity contribution in [2.75, 3.05) is 27.4 Å². The molecule has 1 rings (SSSR count). The lowest BCUT2D eigenvalue weighted by Gasteiger charge is -2.42. The molecular formula is C31H55N3O6Si. The molecule has 0 aliphatic heterocycles. The van der Waals surface area contributed by atoms with Crippen molar-refractivity contribution in [3.8, 4) is 11.5 Å². The molecule has 0 unspecified atom stereocenters. The molecule has 0 saturated heterocycles. The number of benzene rings is 1. The molecule has 234 valence electrons. The highest BCUT2D eigenvalue weighted by Gasteiger charge is 2.42. The molecule has 1 N–H and O–H groups in total. The molecule has 41 heavy (non-hydrogen) atoms. The minimum Gasteiger partial charge on any atom is -0.493 e. The Morgan fingerprint density at radius 3 is 2.20 bits per heavy atom. The lowest BCUT2D eigenvalue weighted by molar-refractivity contribution is -0.144. The Morgan fingerprint density at radius 1 is 1.05 bits per heavy atom. The molecule has 0 saturated carbocycles. The van der Waals surface area contributed by atoms with E-state index < -0.39 is 32.4 Å². The van der Waals surface area contributed by atoms with Crippen LogP contribution in [0, 0.1) is 23.7 Å². The number of azide groups is 1. The van der Waals surface area contributed by atoms with E-state index in [-0.39, 0.29) is 22.8 Å². The fourth-order valence-corrected chi connectivity index (χ4v) is 6.00. The molecule has 0 aromatic heterocycles. The summed E-state index contributed by atoms with van der Waals surface area (Å²) in [4.78, 5) is 15.4. The predicted octanol–water partition coefficient (Wildman–Crippen LogP) is 8.13. The quantitative estimate of drug-likeness (QED) is 0.0568. The van der Waals surface area contributed by atoms with Gasteiger partial charge in [0.2, 0.25) is 0 Å². The highest BCUT2D eigenvalue weighted by Crippen LogP contribution is 2.40. The highest BCUT2D eigenvalue weighted by atomic mass is 28.4. The third-order valence-corrected chi connectivity index (χ3v) is 13.0. The Kier molecular flexibility index (Phi) is 15.2. The van der Waals surface area contributed by atoms with Crippen LogP contribution in [0.15, 0.2) is 23.3 Å². The first kappa shape index (κ1) is 36.8. The van der Waals surface area contributed by atoms with Crippen LogP contribution in [0.1, 0.15) is 73.3 Å². The number of carbonyl (C=O) groups is 1. The monoisotopic (exact) mass is 593 g/mol. The molecule has 0 radical (unpaired) electrons. The fourth-order valence-electron chi connectivity index (χ4n) is 4.64. The lowest BCUT2D eigenvalue weighted by Crippen LogP contribution is -2.48. The zero-order chi connectivity index (χ0) is 31.4. The SMILES string of the molecule is COCCCOc1cc(C[C@@H](C[C@H](N=[N+]=[N-])[C@@H](C[C@H](C(=O)O)C(C)C)O[Si](C)(C)C(C)(C)C)C(C)C)ccc1OC. The van der Waals surface area contributed by atoms with Gasteiger partial charge in [-0.25, -0.2) is 0 Å². The number of ether oxygens (including phenoxy) is 3. The Balaban J connectivity index is 3.37. The third kappa shape index (κ3) is 11.9. The van der Waals surface area contributed by atoms with Crippen LogP contribution in [-0.2, 0) is 20.4 Å². The highest BCUT2D eigenvalue weighted by molar-refractivity contribution is 6.74. The summed E-state index contributed by atoms with van der Waals surface area (Å²) in [6.45, 7) is 20.1. The van der Waals surface area contributed by atoms with E-state index in [4.69, 9.17) is 18.6 Å². The maximum Gasteiger partial charge on any atom is 0.306 e. The minimum atomic E-state index is -2.30. The van der Waals surface area contributed by atoms with Gasteiger partial charge in [0.05, 0.1) is 31.8 Å². The van der Waals surface area contributed by atoms with Crippen molar-refractivity contribution >= 4 is 14.3 Å². The molecule has 10 heteroatoms. The number of aliphatic carboxylic acids is 1. The van der Waals surface area contributed by atoms with E-state index in [9.17, 15) is 15.4 Å². The molecule has 0 aliphatic rings. The van der Waals surface area contributed by atoms with Crippen LogP contribution in [-0.4, -0.2) is 59.0 Å². The number of carboxylic acid groups (broad SMARTS) is 1. The average Bonchev–Trinajstić information content (AvgIpc) is 2.87. The first-order valence-corrected chi connectivity index (χ1v) is 17.7. The summed E-state index contributed by atoms with van der Waals surface area (Å²) in [5.41, 5.74) is 10.7. The van der Waals surface area contributed by atoms with Gasteiger partial charge in [-0.3, -0.25) is 4.79 Å². The van der Waals surface area contributed by atoms with Crippen LogP contribution in [0.2, 0.25) is 18.1 Å². The molecule has 1 aromatic rings. The van der Waals surface area contributed by atoms with Gasteiger partial charge in [-0.1, -0.05) is 59.6 Å². The van der Waals surface area contributed by atoms with Crippen LogP contribution in [0.3, 0.4) is 0 Å². The van der Waals surface area contributed by atoms with Gasteiger partial charge in [0.15, 0.2) is 19.8 Å². The molecule has 0 fully saturated rings. The number of nitrogens with zero attached hydrogens (tertiary/aromatic N) is 3. The maximum absolute atomic E-state index is 12.2. The van der Waals surface area contributed by atoms with E-state index in [1.807, 2.05) is 32.0 Å². The molecule has 0 bridgehead atoms. The molecule has 0 aliphatic carbocycles. The van der Waals surface area contributed by atoms with Crippen molar-refractivity contribution < 1.29 is 28.5 Å². The van der Waals surface area contributed by atoms with Gasteiger partial charge in [-0.05, 0) is 78.4 Å². The van der Waals surface area contributed by atoms with Crippen molar-refractivity contribution in [3.63, 3.8) is 0 Å². The third-order valence-electron chi connectivity index (χ3n) is 8.45. The Hall–Kier alpha value is -2.26. The van der Waals surface area contributed by atoms with Crippen LogP contribution >= 0.6 is 0 Å². The van der Waals surface area contributed by atoms with Gasteiger partial charge >= 0.3 is 5.97 Å². The van der Waals surface area contributed by atoms with Gasteiger partial charge in [0, 0.05) is 25.0 Å². The molecule has 0 amide bonds. The number of hydrogen-bond acceptors (Lipinski definition) is 6. The second kappa shape index (κ2) is 17.0. The van der Waals surface area contributed by atoms with Crippen molar-refractivity contribution in [2.45, 2.75) is 104 Å². The van der Waals surface area contributed by atoms with Crippen LogP contribution in [0.25, 0.3) is 10.4 Å². The van der Waals surface area contributed by atoms with E-state index >= 15 is 0 Å². The van der Waals surface area contributed by atoms with Gasteiger partial charge in [0.25, 0.3) is 0 Å². The Bertz CT molecular complexity index is 989. The molecule has 1 aromatic carbocycles. The first-order valence-electron chi connectivity index (χ1n) is 14.8. The Morgan fingerprint density at radius 2 is 1.71 bits per heavy atom. The van der Waals surface area contributed by atoms with E-state index in [1.165, 1.54) is 0 Å². The lowest BCUT2D eigenvalue weighted by atomic mass is 9.81. The van der Waals surface area contributed by atoms with Gasteiger partial charge in [-0.2, -0.15) is 0 Å². The summed E-state index contributed by atoms with van der Waals surface area (Å²) in [6, 6.07) is 5.49. The largest absolute Gasteiger partial charge is 0.493 e. The summed E-state index contributed by atoms with van der Waals surface area (Å²) in [5, 5.41) is 14.2. The van der Waals surface area contributed by atoms with Crippen LogP contribution in [0.4, 0.5) is 0 Å². The van der Waals surface area contributed by atoms with E-state index in [1.54, 1.807) is 14.2 Å². The second-order valence-corrected chi connectivity index (χ2v) is 18.0. The van der Waals surface area contributed by atoms with E-state index in [2.05, 4.69) is 57.7 Å². The fraction of sp³-hybridized carbons (Fsp3) is 0.774. The number of hydrogen-bond donors (Lipinski definition) is 1. The van der Waals surface area contributed by atoms with Gasteiger partial charge < -0.3 is 23.7 Å². The van der Waals surface area contributed by atoms with Crippen LogP contribution in [0.5, 0.6) is 11.5 Å². The number of methoxy groups -OCH3 is 2. The van der Waals surface area contributed by atoms with Gasteiger partial charge in [-0.15, -0.1) is 0 Å². The van der Waals surface area contributed by atoms with Crippen molar-refractivity contribution in [3.05, 3.63) is 34.2 Å². The summed E-state index contributed by atoms with van der Waals surface area (Å²) in [7, 11) is 0.996. The van der Waals surface area contributed by atoms with Crippen molar-refractivity contribution in [1.29, 1.82) is 0 Å². The summed E-state index contributed by atoms with van der Waals surface area (Å²) >= 11 is 0. The zero-order valence-electron chi connectivity index (χ0n) is 27.3. The Labute approximate surface area is 249 Å².